The summed E-state index contributed by atoms with van der Waals surface area (Å²) in [6.07, 6.45) is -0.0104. The Hall–Kier alpha value is -0.120. The van der Waals surface area contributed by atoms with Gasteiger partial charge >= 0.3 is 0 Å². The highest BCUT2D eigenvalue weighted by atomic mass is 16.7. The average Bonchev–Trinajstić information content (AvgIpc) is 1.91. The van der Waals surface area contributed by atoms with E-state index in [4.69, 9.17) is 9.47 Å². The molecule has 0 aromatic heterocycles. The quantitative estimate of drug-likeness (QED) is 0.571. The molecule has 1 atom stereocenters. The van der Waals surface area contributed by atoms with Gasteiger partial charge in [-0.25, -0.2) is 0 Å². The molecule has 54 valence electrons. The summed E-state index contributed by atoms with van der Waals surface area (Å²) in [5, 5.41) is 3.17. The molecular weight excluding hydrogens is 118 g/mol. The molecule has 0 saturated carbocycles. The molecule has 0 aromatic rings. The summed E-state index contributed by atoms with van der Waals surface area (Å²) in [6, 6.07) is 0. The van der Waals surface area contributed by atoms with Gasteiger partial charge in [-0.2, -0.15) is 0 Å². The van der Waals surface area contributed by atoms with Gasteiger partial charge in [-0.05, 0) is 6.92 Å². The van der Waals surface area contributed by atoms with E-state index in [9.17, 15) is 0 Å². The molecular formula is C6H13NO2. The van der Waals surface area contributed by atoms with Crippen LogP contribution in [0.15, 0.2) is 0 Å². The number of morpholine rings is 1. The fraction of sp³-hybridized carbons (Fsp3) is 1.00. The number of rotatable bonds is 2. The second-order valence-corrected chi connectivity index (χ2v) is 1.96. The highest BCUT2D eigenvalue weighted by Crippen LogP contribution is 1.96. The van der Waals surface area contributed by atoms with Crippen molar-refractivity contribution in [3.05, 3.63) is 0 Å². The summed E-state index contributed by atoms with van der Waals surface area (Å²) >= 11 is 0. The lowest BCUT2D eigenvalue weighted by Crippen LogP contribution is -2.39. The molecule has 0 amide bonds. The third-order valence-electron chi connectivity index (χ3n) is 1.25. The Labute approximate surface area is 55.3 Å². The maximum atomic E-state index is 5.23. The van der Waals surface area contributed by atoms with E-state index < -0.39 is 0 Å². The highest BCUT2D eigenvalue weighted by molar-refractivity contribution is 4.56. The van der Waals surface area contributed by atoms with E-state index in [1.807, 2.05) is 6.92 Å². The van der Waals surface area contributed by atoms with Crippen molar-refractivity contribution in [2.24, 2.45) is 0 Å². The molecule has 3 heteroatoms. The first-order chi connectivity index (χ1) is 4.43. The van der Waals surface area contributed by atoms with Gasteiger partial charge in [0.1, 0.15) is 0 Å². The second kappa shape index (κ2) is 3.82. The number of ether oxygens (including phenoxy) is 2. The molecule has 0 aromatic carbocycles. The van der Waals surface area contributed by atoms with Crippen LogP contribution in [-0.2, 0) is 9.47 Å². The van der Waals surface area contributed by atoms with Gasteiger partial charge in [-0.3, -0.25) is 0 Å². The van der Waals surface area contributed by atoms with Gasteiger partial charge in [0.05, 0.1) is 6.61 Å². The fourth-order valence-corrected chi connectivity index (χ4v) is 0.834. The summed E-state index contributed by atoms with van der Waals surface area (Å²) in [5.41, 5.74) is 0. The van der Waals surface area contributed by atoms with Crippen molar-refractivity contribution in [2.45, 2.75) is 13.2 Å². The first-order valence-electron chi connectivity index (χ1n) is 3.37. The van der Waals surface area contributed by atoms with Gasteiger partial charge in [0.25, 0.3) is 0 Å². The summed E-state index contributed by atoms with van der Waals surface area (Å²) in [6.45, 7) is 5.24. The van der Waals surface area contributed by atoms with Gasteiger partial charge in [0.15, 0.2) is 6.29 Å². The molecule has 1 fully saturated rings. The largest absolute Gasteiger partial charge is 0.352 e. The molecule has 1 saturated heterocycles. The molecule has 9 heavy (non-hydrogen) atoms. The maximum Gasteiger partial charge on any atom is 0.169 e. The Morgan fingerprint density at radius 2 is 2.67 bits per heavy atom. The lowest BCUT2D eigenvalue weighted by Gasteiger charge is -2.22. The van der Waals surface area contributed by atoms with Gasteiger partial charge < -0.3 is 14.8 Å². The zero-order valence-electron chi connectivity index (χ0n) is 5.72. The van der Waals surface area contributed by atoms with E-state index in [2.05, 4.69) is 5.32 Å². The third kappa shape index (κ3) is 2.30. The zero-order valence-corrected chi connectivity index (χ0v) is 5.72. The molecule has 3 nitrogen and oxygen atoms in total. The van der Waals surface area contributed by atoms with Gasteiger partial charge in [-0.15, -0.1) is 0 Å². The normalized spacial score (nSPS) is 28.3. The van der Waals surface area contributed by atoms with Crippen LogP contribution in [0.1, 0.15) is 6.92 Å². The van der Waals surface area contributed by atoms with E-state index in [-0.39, 0.29) is 6.29 Å². The smallest absolute Gasteiger partial charge is 0.169 e. The van der Waals surface area contributed by atoms with Crippen LogP contribution >= 0.6 is 0 Å². The van der Waals surface area contributed by atoms with Crippen LogP contribution in [-0.4, -0.2) is 32.6 Å². The first kappa shape index (κ1) is 6.99. The van der Waals surface area contributed by atoms with Crippen molar-refractivity contribution in [1.82, 2.24) is 5.32 Å². The minimum atomic E-state index is -0.0104. The SMILES string of the molecule is CCOC1CNCCO1. The number of nitrogens with one attached hydrogen (secondary N) is 1. The molecule has 1 aliphatic rings. The predicted octanol–water partition coefficient (Wildman–Crippen LogP) is -0.0312. The fourth-order valence-electron chi connectivity index (χ4n) is 0.834. The van der Waals surface area contributed by atoms with Crippen LogP contribution in [0.4, 0.5) is 0 Å². The zero-order chi connectivity index (χ0) is 6.53. The van der Waals surface area contributed by atoms with E-state index in [0.29, 0.717) is 0 Å². The lowest BCUT2D eigenvalue weighted by molar-refractivity contribution is -0.149. The van der Waals surface area contributed by atoms with Crippen molar-refractivity contribution in [2.75, 3.05) is 26.3 Å². The predicted molar refractivity (Wildman–Crippen MR) is 34.2 cm³/mol. The molecule has 0 radical (unpaired) electrons. The van der Waals surface area contributed by atoms with E-state index in [1.165, 1.54) is 0 Å². The van der Waals surface area contributed by atoms with Gasteiger partial charge in [-0.1, -0.05) is 0 Å². The van der Waals surface area contributed by atoms with Crippen LogP contribution in [0.2, 0.25) is 0 Å². The molecule has 0 aliphatic carbocycles. The van der Waals surface area contributed by atoms with Crippen LogP contribution in [0.5, 0.6) is 0 Å². The number of hydrogen-bond donors (Lipinski definition) is 1. The standard InChI is InChI=1S/C6H13NO2/c1-2-8-6-5-7-3-4-9-6/h6-7H,2-5H2,1H3. The molecule has 1 heterocycles. The average molecular weight is 131 g/mol. The Morgan fingerprint density at radius 3 is 3.22 bits per heavy atom. The van der Waals surface area contributed by atoms with E-state index in [1.54, 1.807) is 0 Å². The molecule has 1 aliphatic heterocycles. The van der Waals surface area contributed by atoms with E-state index in [0.717, 1.165) is 26.3 Å². The summed E-state index contributed by atoms with van der Waals surface area (Å²) in [7, 11) is 0. The minimum Gasteiger partial charge on any atom is -0.352 e. The van der Waals surface area contributed by atoms with Gasteiger partial charge in [0.2, 0.25) is 0 Å². The Morgan fingerprint density at radius 1 is 1.78 bits per heavy atom. The van der Waals surface area contributed by atoms with Crippen molar-refractivity contribution >= 4 is 0 Å². The summed E-state index contributed by atoms with van der Waals surface area (Å²) in [5.74, 6) is 0. The van der Waals surface area contributed by atoms with Crippen molar-refractivity contribution in [3.63, 3.8) is 0 Å². The monoisotopic (exact) mass is 131 g/mol. The van der Waals surface area contributed by atoms with Crippen LogP contribution in [0.3, 0.4) is 0 Å². The molecule has 1 rings (SSSR count). The molecule has 0 bridgehead atoms. The summed E-state index contributed by atoms with van der Waals surface area (Å²) in [4.78, 5) is 0. The third-order valence-corrected chi connectivity index (χ3v) is 1.25. The van der Waals surface area contributed by atoms with Crippen LogP contribution < -0.4 is 5.32 Å². The summed E-state index contributed by atoms with van der Waals surface area (Å²) < 4.78 is 10.4. The van der Waals surface area contributed by atoms with Crippen LogP contribution in [0, 0.1) is 0 Å². The first-order valence-corrected chi connectivity index (χ1v) is 3.37. The maximum absolute atomic E-state index is 5.23. The van der Waals surface area contributed by atoms with Gasteiger partial charge in [0, 0.05) is 19.7 Å². The van der Waals surface area contributed by atoms with Crippen LogP contribution in [0.25, 0.3) is 0 Å². The van der Waals surface area contributed by atoms with E-state index >= 15 is 0 Å². The molecule has 0 spiro atoms. The van der Waals surface area contributed by atoms with Crippen molar-refractivity contribution < 1.29 is 9.47 Å². The van der Waals surface area contributed by atoms with Crippen molar-refractivity contribution in [1.29, 1.82) is 0 Å². The lowest BCUT2D eigenvalue weighted by atomic mass is 10.5. The molecule has 1 unspecified atom stereocenters. The number of hydrogen-bond acceptors (Lipinski definition) is 3. The second-order valence-electron chi connectivity index (χ2n) is 1.96. The Bertz CT molecular complexity index is 68.7. The Balaban J connectivity index is 2.08. The molecule has 1 N–H and O–H groups in total. The topological polar surface area (TPSA) is 30.5 Å². The van der Waals surface area contributed by atoms with Crippen molar-refractivity contribution in [3.8, 4) is 0 Å². The minimum absolute atomic E-state index is 0.0104. The highest BCUT2D eigenvalue weighted by Gasteiger charge is 2.11. The Kier molecular flexibility index (Phi) is 2.97.